The molecule has 4 N–H and O–H groups in total. The second-order valence-electron chi connectivity index (χ2n) is 4.83. The van der Waals surface area contributed by atoms with Crippen molar-refractivity contribution in [2.75, 3.05) is 23.7 Å². The lowest BCUT2D eigenvalue weighted by molar-refractivity contribution is 0.100. The van der Waals surface area contributed by atoms with E-state index in [-0.39, 0.29) is 0 Å². The minimum absolute atomic E-state index is 0.435. The molecule has 0 bridgehead atoms. The average molecular weight is 233 g/mol. The molecule has 1 atom stereocenters. The lowest BCUT2D eigenvalue weighted by Gasteiger charge is -2.33. The van der Waals surface area contributed by atoms with Crippen LogP contribution in [0.1, 0.15) is 30.1 Å². The minimum Gasteiger partial charge on any atom is -0.397 e. The van der Waals surface area contributed by atoms with E-state index in [4.69, 9.17) is 11.5 Å². The molecule has 2 rings (SSSR count). The summed E-state index contributed by atoms with van der Waals surface area (Å²) in [5.41, 5.74) is 13.3. The predicted molar refractivity (Wildman–Crippen MR) is 70.0 cm³/mol. The van der Waals surface area contributed by atoms with Gasteiger partial charge in [-0.3, -0.25) is 4.79 Å². The van der Waals surface area contributed by atoms with Gasteiger partial charge in [-0.15, -0.1) is 0 Å². The number of carbonyl (C=O) groups excluding carboxylic acids is 1. The summed E-state index contributed by atoms with van der Waals surface area (Å²) >= 11 is 0. The van der Waals surface area contributed by atoms with Crippen LogP contribution in [-0.4, -0.2) is 19.0 Å². The first-order valence-corrected chi connectivity index (χ1v) is 6.02. The molecule has 17 heavy (non-hydrogen) atoms. The van der Waals surface area contributed by atoms with Crippen LogP contribution >= 0.6 is 0 Å². The lowest BCUT2D eigenvalue weighted by atomic mass is 9.99. The van der Waals surface area contributed by atoms with E-state index >= 15 is 0 Å². The van der Waals surface area contributed by atoms with Gasteiger partial charge in [0, 0.05) is 18.7 Å². The summed E-state index contributed by atoms with van der Waals surface area (Å²) in [6, 6.07) is 5.30. The summed E-state index contributed by atoms with van der Waals surface area (Å²) < 4.78 is 0. The van der Waals surface area contributed by atoms with E-state index in [2.05, 4.69) is 11.8 Å². The molecule has 0 unspecified atom stereocenters. The van der Waals surface area contributed by atoms with Gasteiger partial charge < -0.3 is 16.4 Å². The topological polar surface area (TPSA) is 72.3 Å². The van der Waals surface area contributed by atoms with Crippen molar-refractivity contribution in [3.63, 3.8) is 0 Å². The van der Waals surface area contributed by atoms with Gasteiger partial charge in [0.2, 0.25) is 5.91 Å². The van der Waals surface area contributed by atoms with Gasteiger partial charge >= 0.3 is 0 Å². The Morgan fingerprint density at radius 3 is 2.82 bits per heavy atom. The van der Waals surface area contributed by atoms with Crippen LogP contribution in [0.5, 0.6) is 0 Å². The maximum Gasteiger partial charge on any atom is 0.248 e. The van der Waals surface area contributed by atoms with Gasteiger partial charge in [-0.2, -0.15) is 0 Å². The standard InChI is InChI=1S/C13H19N3O/c1-9-3-2-6-16(8-9)12-5-4-10(13(15)17)7-11(12)14/h4-5,7,9H,2-3,6,8,14H2,1H3,(H2,15,17)/t9-/m0/s1. The monoisotopic (exact) mass is 233 g/mol. The number of piperidine rings is 1. The number of nitrogen functional groups attached to an aromatic ring is 1. The third kappa shape index (κ3) is 2.52. The average Bonchev–Trinajstić information content (AvgIpc) is 2.28. The van der Waals surface area contributed by atoms with Gasteiger partial charge in [-0.25, -0.2) is 0 Å². The number of benzene rings is 1. The van der Waals surface area contributed by atoms with Crippen molar-refractivity contribution in [3.05, 3.63) is 23.8 Å². The zero-order valence-corrected chi connectivity index (χ0v) is 10.1. The second-order valence-corrected chi connectivity index (χ2v) is 4.83. The summed E-state index contributed by atoms with van der Waals surface area (Å²) in [6.45, 7) is 4.31. The molecule has 1 fully saturated rings. The molecule has 0 spiro atoms. The third-order valence-electron chi connectivity index (χ3n) is 3.31. The zero-order valence-electron chi connectivity index (χ0n) is 10.1. The van der Waals surface area contributed by atoms with E-state index in [9.17, 15) is 4.79 Å². The van der Waals surface area contributed by atoms with Crippen LogP contribution in [0.2, 0.25) is 0 Å². The maximum atomic E-state index is 11.0. The smallest absolute Gasteiger partial charge is 0.248 e. The fourth-order valence-electron chi connectivity index (χ4n) is 2.40. The molecule has 1 aromatic rings. The molecular formula is C13H19N3O. The van der Waals surface area contributed by atoms with Crippen LogP contribution in [0.25, 0.3) is 0 Å². The second kappa shape index (κ2) is 4.65. The van der Waals surface area contributed by atoms with Crippen LogP contribution in [0.3, 0.4) is 0 Å². The fraction of sp³-hybridized carbons (Fsp3) is 0.462. The Hall–Kier alpha value is -1.71. The quantitative estimate of drug-likeness (QED) is 0.762. The van der Waals surface area contributed by atoms with Crippen molar-refractivity contribution in [1.29, 1.82) is 0 Å². The van der Waals surface area contributed by atoms with Gasteiger partial charge in [-0.1, -0.05) is 6.92 Å². The van der Waals surface area contributed by atoms with Crippen LogP contribution < -0.4 is 16.4 Å². The SMILES string of the molecule is C[C@H]1CCCN(c2ccc(C(N)=O)cc2N)C1. The predicted octanol–water partition coefficient (Wildman–Crippen LogP) is 1.60. The van der Waals surface area contributed by atoms with Gasteiger partial charge in [0.1, 0.15) is 0 Å². The van der Waals surface area contributed by atoms with E-state index in [1.165, 1.54) is 12.8 Å². The van der Waals surface area contributed by atoms with Crippen molar-refractivity contribution in [2.24, 2.45) is 11.7 Å². The molecule has 4 nitrogen and oxygen atoms in total. The number of nitrogens with two attached hydrogens (primary N) is 2. The number of anilines is 2. The first kappa shape index (κ1) is 11.8. The van der Waals surface area contributed by atoms with E-state index in [1.807, 2.05) is 6.07 Å². The molecule has 1 heterocycles. The molecule has 1 aromatic carbocycles. The highest BCUT2D eigenvalue weighted by Gasteiger charge is 2.18. The van der Waals surface area contributed by atoms with Gasteiger partial charge in [0.05, 0.1) is 11.4 Å². The van der Waals surface area contributed by atoms with E-state index < -0.39 is 5.91 Å². The van der Waals surface area contributed by atoms with Crippen LogP contribution in [-0.2, 0) is 0 Å². The highest BCUT2D eigenvalue weighted by atomic mass is 16.1. The summed E-state index contributed by atoms with van der Waals surface area (Å²) in [7, 11) is 0. The highest BCUT2D eigenvalue weighted by molar-refractivity contribution is 5.94. The summed E-state index contributed by atoms with van der Waals surface area (Å²) in [5.74, 6) is 0.259. The van der Waals surface area contributed by atoms with Gasteiger partial charge in [-0.05, 0) is 37.0 Å². The summed E-state index contributed by atoms with van der Waals surface area (Å²) in [6.07, 6.45) is 2.47. The molecule has 92 valence electrons. The lowest BCUT2D eigenvalue weighted by Crippen LogP contribution is -2.34. The normalized spacial score (nSPS) is 20.3. The molecule has 0 radical (unpaired) electrons. The van der Waals surface area contributed by atoms with Crippen LogP contribution in [0, 0.1) is 5.92 Å². The number of nitrogens with zero attached hydrogens (tertiary/aromatic N) is 1. The largest absolute Gasteiger partial charge is 0.397 e. The molecular weight excluding hydrogens is 214 g/mol. The molecule has 4 heteroatoms. The van der Waals surface area contributed by atoms with Crippen molar-refractivity contribution in [1.82, 2.24) is 0 Å². The van der Waals surface area contributed by atoms with Crippen molar-refractivity contribution in [2.45, 2.75) is 19.8 Å². The molecule has 1 aliphatic rings. The fourth-order valence-corrected chi connectivity index (χ4v) is 2.40. The number of hydrogen-bond donors (Lipinski definition) is 2. The maximum absolute atomic E-state index is 11.0. The van der Waals surface area contributed by atoms with Crippen LogP contribution in [0.4, 0.5) is 11.4 Å². The van der Waals surface area contributed by atoms with E-state index in [0.29, 0.717) is 17.2 Å². The number of carbonyl (C=O) groups is 1. The van der Waals surface area contributed by atoms with Crippen molar-refractivity contribution >= 4 is 17.3 Å². The Balaban J connectivity index is 2.23. The Bertz CT molecular complexity index is 431. The van der Waals surface area contributed by atoms with Crippen molar-refractivity contribution < 1.29 is 4.79 Å². The number of primary amides is 1. The van der Waals surface area contributed by atoms with E-state index in [1.54, 1.807) is 12.1 Å². The number of amides is 1. The number of rotatable bonds is 2. The molecule has 1 amide bonds. The molecule has 1 saturated heterocycles. The summed E-state index contributed by atoms with van der Waals surface area (Å²) in [4.78, 5) is 13.3. The van der Waals surface area contributed by atoms with E-state index in [0.717, 1.165) is 18.8 Å². The third-order valence-corrected chi connectivity index (χ3v) is 3.31. The molecule has 0 aliphatic carbocycles. The highest BCUT2D eigenvalue weighted by Crippen LogP contribution is 2.28. The Kier molecular flexibility index (Phi) is 3.22. The number of hydrogen-bond acceptors (Lipinski definition) is 3. The molecule has 1 aliphatic heterocycles. The molecule has 0 saturated carbocycles. The van der Waals surface area contributed by atoms with Gasteiger partial charge in [0.25, 0.3) is 0 Å². The Morgan fingerprint density at radius 1 is 1.47 bits per heavy atom. The summed E-state index contributed by atoms with van der Waals surface area (Å²) in [5, 5.41) is 0. The van der Waals surface area contributed by atoms with Crippen LogP contribution in [0.15, 0.2) is 18.2 Å². The first-order valence-electron chi connectivity index (χ1n) is 6.02. The zero-order chi connectivity index (χ0) is 12.4. The van der Waals surface area contributed by atoms with Gasteiger partial charge in [0.15, 0.2) is 0 Å². The Labute approximate surface area is 102 Å². The molecule has 0 aromatic heterocycles. The first-order chi connectivity index (χ1) is 8.08. The minimum atomic E-state index is -0.435. The van der Waals surface area contributed by atoms with Crippen molar-refractivity contribution in [3.8, 4) is 0 Å². The Morgan fingerprint density at radius 2 is 2.24 bits per heavy atom.